The quantitative estimate of drug-likeness (QED) is 0.0332. The van der Waals surface area contributed by atoms with E-state index in [1.165, 1.54) is 150 Å². The zero-order valence-electron chi connectivity index (χ0n) is 51.4. The number of hydrogen-bond donors (Lipinski definition) is 0. The fraction of sp³-hybridized carbons (Fsp3) is 0.447. The number of nitrogens with zero attached hydrogens (tertiary/aromatic N) is 2. The number of Topliss-reactive ketones (excluding diaryl/α,β-unsaturated/α-hetero) is 4. The van der Waals surface area contributed by atoms with E-state index < -0.39 is 0 Å². The van der Waals surface area contributed by atoms with Crippen LogP contribution in [0, 0.1) is 24.5 Å². The first kappa shape index (κ1) is 61.5. The van der Waals surface area contributed by atoms with Gasteiger partial charge in [-0.1, -0.05) is 38.8 Å². The summed E-state index contributed by atoms with van der Waals surface area (Å²) in [5, 5.41) is 4.28. The predicted molar refractivity (Wildman–Crippen MR) is 353 cm³/mol. The molecule has 4 heterocycles. The van der Waals surface area contributed by atoms with Crippen molar-refractivity contribution in [3.05, 3.63) is 162 Å². The summed E-state index contributed by atoms with van der Waals surface area (Å²) < 4.78 is 10.8. The van der Waals surface area contributed by atoms with Crippen molar-refractivity contribution in [2.45, 2.75) is 222 Å². The van der Waals surface area contributed by atoms with Gasteiger partial charge >= 0.3 is 477 Å². The molecular formula is C76H90N2O4Se2. The molecule has 0 spiro atoms. The number of benzene rings is 4. The fourth-order valence-electron chi connectivity index (χ4n) is 13.5. The summed E-state index contributed by atoms with van der Waals surface area (Å²) in [6.45, 7) is 14.7. The molecule has 8 heteroatoms. The van der Waals surface area contributed by atoms with Crippen LogP contribution in [0.15, 0.2) is 97.1 Å². The van der Waals surface area contributed by atoms with Crippen LogP contribution in [0.25, 0.3) is 51.8 Å². The summed E-state index contributed by atoms with van der Waals surface area (Å²) in [7, 11) is 0. The zero-order valence-corrected chi connectivity index (χ0v) is 54.8. The molecule has 0 N–H and O–H groups in total. The third-order valence-electron chi connectivity index (χ3n) is 18.2. The Kier molecular flexibility index (Phi) is 21.4. The second-order valence-corrected chi connectivity index (χ2v) is 29.2. The molecule has 8 aromatic rings. The van der Waals surface area contributed by atoms with E-state index in [1.807, 2.05) is 24.3 Å². The number of hydrogen-bond acceptors (Lipinski definition) is 4. The first-order valence-corrected chi connectivity index (χ1v) is 36.2. The Morgan fingerprint density at radius 3 is 1.23 bits per heavy atom. The second-order valence-electron chi connectivity index (χ2n) is 24.4. The third-order valence-corrected chi connectivity index (χ3v) is 23.8. The van der Waals surface area contributed by atoms with Crippen molar-refractivity contribution in [2.24, 2.45) is 0 Å². The summed E-state index contributed by atoms with van der Waals surface area (Å²) in [6, 6.07) is 32.7. The van der Waals surface area contributed by atoms with E-state index in [4.69, 9.17) is 0 Å². The monoisotopic (exact) mass is 1250 g/mol. The van der Waals surface area contributed by atoms with Crippen molar-refractivity contribution in [1.29, 1.82) is 0 Å². The van der Waals surface area contributed by atoms with Gasteiger partial charge in [-0.3, -0.25) is 0 Å². The van der Waals surface area contributed by atoms with Crippen LogP contribution >= 0.6 is 0 Å². The molecule has 4 aromatic heterocycles. The molecule has 2 aliphatic rings. The standard InChI is InChI=1S/C76H90N2O4Se2/c1-7-11-15-17-19-21-23-25-27-29-35-53-49-65(83-52(53)6)76-55(36-30-28-26-24-22-20-18-16-12-8-2)50-64(84-76)54-42-44-61-63(48-54)78(46-14-10-4)71(67(61)69-74(81)58-39-33-34-40-59(58)75(69)82)70-66(68-72(79)56-37-31-32-38-57(56)73(68)80)60-43-41-51(5)47-62(60)77(70)45-13-9-3/h31-34,37-44,47-50H,7-30,35-36,45-46H2,1-6H3/b71-70+. The van der Waals surface area contributed by atoms with Crippen molar-refractivity contribution < 1.29 is 19.2 Å². The maximum absolute atomic E-state index is 15.2. The van der Waals surface area contributed by atoms with Gasteiger partial charge in [-0.25, -0.2) is 0 Å². The molecule has 0 amide bonds. The van der Waals surface area contributed by atoms with Crippen molar-refractivity contribution >= 4 is 85.1 Å². The normalized spacial score (nSPS) is 13.7. The SMILES string of the molecule is CCCCCCCCCCCCc1cc(-c2[se]c(-c3ccc4c(=C5C(=O)c6ccccc6C5=O)/c(=c5/c(=C6C(=O)c7ccccc7C6=O)c6ccc(C)cc6n5CCCC)n(CCCC)c4c3)cc2CCCCCCCCCCCC)[se]c1C. The molecule has 84 heavy (non-hydrogen) atoms. The number of aryl methyl sites for hydroxylation is 6. The van der Waals surface area contributed by atoms with Crippen LogP contribution in [0.4, 0.5) is 0 Å². The van der Waals surface area contributed by atoms with Crippen LogP contribution in [0.2, 0.25) is 0 Å². The first-order chi connectivity index (χ1) is 41.1. The van der Waals surface area contributed by atoms with E-state index >= 15 is 19.2 Å². The average Bonchev–Trinajstić information content (AvgIpc) is 1.76. The molecular weight excluding hydrogens is 1160 g/mol. The number of unbranched alkanes of at least 4 members (excludes halogenated alkanes) is 20. The van der Waals surface area contributed by atoms with Gasteiger partial charge in [0.15, 0.2) is 0 Å². The van der Waals surface area contributed by atoms with Gasteiger partial charge in [0.2, 0.25) is 0 Å². The number of rotatable bonds is 30. The van der Waals surface area contributed by atoms with Gasteiger partial charge in [-0.15, -0.1) is 0 Å². The molecule has 2 aliphatic carbocycles. The molecule has 6 nitrogen and oxygen atoms in total. The molecule has 440 valence electrons. The molecule has 0 saturated carbocycles. The van der Waals surface area contributed by atoms with E-state index in [-0.39, 0.29) is 48.8 Å². The second kappa shape index (κ2) is 29.2. The van der Waals surface area contributed by atoms with Crippen LogP contribution in [-0.4, -0.2) is 61.3 Å². The Labute approximate surface area is 512 Å². The van der Waals surface area contributed by atoms with E-state index in [2.05, 4.69) is 99.2 Å². The van der Waals surface area contributed by atoms with E-state index in [0.717, 1.165) is 70.2 Å². The van der Waals surface area contributed by atoms with E-state index in [0.29, 0.717) is 60.3 Å². The Balaban J connectivity index is 1.16. The van der Waals surface area contributed by atoms with Crippen LogP contribution in [-0.2, 0) is 25.9 Å². The fourth-order valence-corrected chi connectivity index (χ4v) is 18.9. The number of carbonyl (C=O) groups excluding carboxylic acids is 4. The van der Waals surface area contributed by atoms with Gasteiger partial charge in [0.1, 0.15) is 0 Å². The number of aromatic nitrogens is 2. The minimum atomic E-state index is -0.289. The van der Waals surface area contributed by atoms with Gasteiger partial charge in [0.05, 0.1) is 0 Å². The third kappa shape index (κ3) is 13.0. The summed E-state index contributed by atoms with van der Waals surface area (Å²) in [4.78, 5) is 60.4. The Bertz CT molecular complexity index is 3860. The zero-order chi connectivity index (χ0) is 58.7. The summed E-state index contributed by atoms with van der Waals surface area (Å²) in [5.74, 6) is -1.15. The molecule has 0 aliphatic heterocycles. The summed E-state index contributed by atoms with van der Waals surface area (Å²) >= 11 is 0.387. The Morgan fingerprint density at radius 2 is 0.774 bits per heavy atom. The van der Waals surface area contributed by atoms with Gasteiger partial charge in [0, 0.05) is 0 Å². The Morgan fingerprint density at radius 1 is 0.381 bits per heavy atom. The molecule has 0 unspecified atom stereocenters. The average molecular weight is 1250 g/mol. The van der Waals surface area contributed by atoms with Crippen LogP contribution in [0.3, 0.4) is 0 Å². The van der Waals surface area contributed by atoms with Gasteiger partial charge in [0.25, 0.3) is 0 Å². The maximum atomic E-state index is 15.2. The molecule has 4 aromatic carbocycles. The van der Waals surface area contributed by atoms with Crippen molar-refractivity contribution in [1.82, 2.24) is 9.13 Å². The van der Waals surface area contributed by atoms with Gasteiger partial charge in [-0.2, -0.15) is 0 Å². The molecule has 0 bridgehead atoms. The predicted octanol–water partition coefficient (Wildman–Crippen LogP) is 17.9. The molecule has 0 fully saturated rings. The van der Waals surface area contributed by atoms with Crippen LogP contribution in [0.1, 0.15) is 244 Å². The topological polar surface area (TPSA) is 78.1 Å². The molecule has 0 atom stereocenters. The van der Waals surface area contributed by atoms with E-state index in [1.54, 1.807) is 43.1 Å². The van der Waals surface area contributed by atoms with Gasteiger partial charge < -0.3 is 0 Å². The van der Waals surface area contributed by atoms with Crippen molar-refractivity contribution in [3.63, 3.8) is 0 Å². The van der Waals surface area contributed by atoms with E-state index in [9.17, 15) is 0 Å². The number of fused-ring (bicyclic) bond motifs is 4. The number of carbonyl (C=O) groups is 4. The van der Waals surface area contributed by atoms with Crippen LogP contribution in [0.5, 0.6) is 0 Å². The molecule has 10 rings (SSSR count). The van der Waals surface area contributed by atoms with Crippen molar-refractivity contribution in [2.75, 3.05) is 0 Å². The van der Waals surface area contributed by atoms with Gasteiger partial charge in [-0.05, 0) is 0 Å². The molecule has 0 radical (unpaired) electrons. The summed E-state index contributed by atoms with van der Waals surface area (Å²) in [6.07, 6.45) is 32.5. The van der Waals surface area contributed by atoms with Crippen molar-refractivity contribution in [3.8, 4) is 18.9 Å². The summed E-state index contributed by atoms with van der Waals surface area (Å²) in [5.41, 5.74) is 9.19. The minimum absolute atomic E-state index is 0.0780. The number of ketones is 4. The molecule has 0 saturated heterocycles. The first-order valence-electron chi connectivity index (χ1n) is 32.7. The Hall–Kier alpha value is -5.62. The van der Waals surface area contributed by atoms with Crippen LogP contribution < -0.4 is 10.4 Å².